The van der Waals surface area contributed by atoms with Crippen molar-refractivity contribution in [3.63, 3.8) is 0 Å². The van der Waals surface area contributed by atoms with Crippen molar-refractivity contribution < 1.29 is 14.7 Å². The lowest BCUT2D eigenvalue weighted by atomic mass is 9.79. The van der Waals surface area contributed by atoms with E-state index in [9.17, 15) is 14.7 Å². The number of aromatic hydroxyl groups is 1. The van der Waals surface area contributed by atoms with Crippen molar-refractivity contribution in [2.24, 2.45) is 5.41 Å². The minimum absolute atomic E-state index is 0.0295. The van der Waals surface area contributed by atoms with Crippen LogP contribution in [0, 0.1) is 5.41 Å². The second-order valence-corrected chi connectivity index (χ2v) is 8.08. The Bertz CT molecular complexity index is 771. The summed E-state index contributed by atoms with van der Waals surface area (Å²) in [5, 5.41) is 13.4. The summed E-state index contributed by atoms with van der Waals surface area (Å²) in [6, 6.07) is 2.84. The van der Waals surface area contributed by atoms with Crippen molar-refractivity contribution in [2.45, 2.75) is 19.3 Å². The molecule has 1 aromatic carbocycles. The van der Waals surface area contributed by atoms with Gasteiger partial charge in [-0.3, -0.25) is 9.59 Å². The number of phenolic OH excluding ortho intramolecular Hbond substituents is 1. The van der Waals surface area contributed by atoms with E-state index in [4.69, 9.17) is 23.2 Å². The summed E-state index contributed by atoms with van der Waals surface area (Å²) in [4.78, 5) is 28.2. The largest absolute Gasteiger partial charge is 0.506 e. The first kappa shape index (κ1) is 19.8. The standard InChI is InChI=1S/C19H23Cl2N3O3/c1-2-17(26)23-6-3-4-19(11-23)5-7-24(12-19)18(27)10-22-15-8-13(20)14(21)9-16(15)25/h2,8-9,22,25H,1,3-7,10-12H2. The number of carbonyl (C=O) groups is 2. The molecule has 2 fully saturated rings. The van der Waals surface area contributed by atoms with Crippen molar-refractivity contribution in [2.75, 3.05) is 38.0 Å². The summed E-state index contributed by atoms with van der Waals surface area (Å²) in [5.74, 6) is -0.152. The fourth-order valence-corrected chi connectivity index (χ4v) is 4.29. The van der Waals surface area contributed by atoms with Gasteiger partial charge in [-0.2, -0.15) is 0 Å². The molecule has 6 nitrogen and oxygen atoms in total. The van der Waals surface area contributed by atoms with Crippen LogP contribution in [-0.2, 0) is 9.59 Å². The highest BCUT2D eigenvalue weighted by Crippen LogP contribution is 2.39. The Hall–Kier alpha value is -1.92. The van der Waals surface area contributed by atoms with Crippen LogP contribution in [0.3, 0.4) is 0 Å². The van der Waals surface area contributed by atoms with Crippen LogP contribution in [0.4, 0.5) is 5.69 Å². The highest BCUT2D eigenvalue weighted by atomic mass is 35.5. The molecule has 27 heavy (non-hydrogen) atoms. The molecule has 2 amide bonds. The van der Waals surface area contributed by atoms with Gasteiger partial charge in [0.25, 0.3) is 0 Å². The molecule has 0 saturated carbocycles. The lowest BCUT2D eigenvalue weighted by molar-refractivity contribution is -0.130. The van der Waals surface area contributed by atoms with E-state index in [1.54, 1.807) is 0 Å². The van der Waals surface area contributed by atoms with E-state index in [1.807, 2.05) is 9.80 Å². The van der Waals surface area contributed by atoms with Gasteiger partial charge in [-0.1, -0.05) is 29.8 Å². The molecule has 1 aromatic rings. The van der Waals surface area contributed by atoms with Crippen molar-refractivity contribution in [3.05, 3.63) is 34.8 Å². The number of carbonyl (C=O) groups excluding carboxylic acids is 2. The normalized spacial score (nSPS) is 22.1. The summed E-state index contributed by atoms with van der Waals surface area (Å²) in [5.41, 5.74) is 0.338. The number of phenols is 1. The van der Waals surface area contributed by atoms with Gasteiger partial charge in [0.1, 0.15) is 5.75 Å². The highest BCUT2D eigenvalue weighted by Gasteiger charge is 2.43. The predicted molar refractivity (Wildman–Crippen MR) is 106 cm³/mol. The molecular formula is C19H23Cl2N3O3. The first-order valence-electron chi connectivity index (χ1n) is 8.94. The van der Waals surface area contributed by atoms with Crippen LogP contribution < -0.4 is 5.32 Å². The number of nitrogens with one attached hydrogen (secondary N) is 1. The number of rotatable bonds is 4. The van der Waals surface area contributed by atoms with E-state index in [0.717, 1.165) is 25.8 Å². The third-order valence-electron chi connectivity index (χ3n) is 5.41. The molecule has 8 heteroatoms. The number of benzene rings is 1. The minimum Gasteiger partial charge on any atom is -0.506 e. The van der Waals surface area contributed by atoms with Gasteiger partial charge in [-0.05, 0) is 31.4 Å². The van der Waals surface area contributed by atoms with Crippen molar-refractivity contribution >= 4 is 40.7 Å². The third kappa shape index (κ3) is 4.33. The number of amides is 2. The molecule has 1 unspecified atom stereocenters. The van der Waals surface area contributed by atoms with Gasteiger partial charge < -0.3 is 20.2 Å². The van der Waals surface area contributed by atoms with E-state index < -0.39 is 0 Å². The fourth-order valence-electron chi connectivity index (χ4n) is 3.97. The SMILES string of the molecule is C=CC(=O)N1CCCC2(CCN(C(=O)CNc3cc(Cl)c(Cl)cc3O)C2)C1. The minimum atomic E-state index is -0.0547. The Balaban J connectivity index is 1.58. The lowest BCUT2D eigenvalue weighted by Crippen LogP contribution is -2.47. The molecule has 0 aromatic heterocycles. The molecule has 2 saturated heterocycles. The van der Waals surface area contributed by atoms with Gasteiger partial charge in [0.2, 0.25) is 11.8 Å². The van der Waals surface area contributed by atoms with Crippen LogP contribution in [0.25, 0.3) is 0 Å². The van der Waals surface area contributed by atoms with E-state index in [-0.39, 0.29) is 34.5 Å². The number of piperidine rings is 1. The van der Waals surface area contributed by atoms with E-state index in [2.05, 4.69) is 11.9 Å². The highest BCUT2D eigenvalue weighted by molar-refractivity contribution is 6.42. The van der Waals surface area contributed by atoms with Crippen molar-refractivity contribution in [1.82, 2.24) is 9.80 Å². The molecule has 0 radical (unpaired) electrons. The smallest absolute Gasteiger partial charge is 0.245 e. The Labute approximate surface area is 168 Å². The molecule has 0 aliphatic carbocycles. The number of halogens is 2. The van der Waals surface area contributed by atoms with Crippen molar-refractivity contribution in [1.29, 1.82) is 0 Å². The maximum absolute atomic E-state index is 12.6. The maximum atomic E-state index is 12.6. The summed E-state index contributed by atoms with van der Waals surface area (Å²) < 4.78 is 0. The number of hydrogen-bond donors (Lipinski definition) is 2. The summed E-state index contributed by atoms with van der Waals surface area (Å²) in [6.07, 6.45) is 4.19. The summed E-state index contributed by atoms with van der Waals surface area (Å²) in [7, 11) is 0. The monoisotopic (exact) mass is 411 g/mol. The number of anilines is 1. The number of likely N-dealkylation sites (tertiary alicyclic amines) is 2. The van der Waals surface area contributed by atoms with Gasteiger partial charge in [-0.25, -0.2) is 0 Å². The van der Waals surface area contributed by atoms with Crippen LogP contribution in [0.15, 0.2) is 24.8 Å². The first-order valence-corrected chi connectivity index (χ1v) is 9.70. The molecule has 0 bridgehead atoms. The zero-order chi connectivity index (χ0) is 19.6. The Kier molecular flexibility index (Phi) is 5.86. The quantitative estimate of drug-likeness (QED) is 0.589. The van der Waals surface area contributed by atoms with E-state index in [1.165, 1.54) is 18.2 Å². The number of nitrogens with zero attached hydrogens (tertiary/aromatic N) is 2. The summed E-state index contributed by atoms with van der Waals surface area (Å²) in [6.45, 7) is 6.35. The molecule has 3 rings (SSSR count). The molecule has 2 N–H and O–H groups in total. The number of hydrogen-bond acceptors (Lipinski definition) is 4. The maximum Gasteiger partial charge on any atom is 0.245 e. The Morgan fingerprint density at radius 2 is 1.89 bits per heavy atom. The van der Waals surface area contributed by atoms with Crippen molar-refractivity contribution in [3.8, 4) is 5.75 Å². The molecule has 2 aliphatic heterocycles. The second-order valence-electron chi connectivity index (χ2n) is 7.27. The van der Waals surface area contributed by atoms with Gasteiger partial charge in [0.15, 0.2) is 0 Å². The van der Waals surface area contributed by atoms with Gasteiger partial charge in [0.05, 0.1) is 22.3 Å². The average Bonchev–Trinajstić information content (AvgIpc) is 3.06. The van der Waals surface area contributed by atoms with E-state index in [0.29, 0.717) is 30.3 Å². The van der Waals surface area contributed by atoms with Crippen LogP contribution in [-0.4, -0.2) is 59.4 Å². The Morgan fingerprint density at radius 3 is 2.63 bits per heavy atom. The molecule has 1 spiro atoms. The average molecular weight is 412 g/mol. The van der Waals surface area contributed by atoms with Gasteiger partial charge >= 0.3 is 0 Å². The zero-order valence-electron chi connectivity index (χ0n) is 15.0. The molecule has 146 valence electrons. The van der Waals surface area contributed by atoms with Gasteiger partial charge in [-0.15, -0.1) is 0 Å². The van der Waals surface area contributed by atoms with E-state index >= 15 is 0 Å². The summed E-state index contributed by atoms with van der Waals surface area (Å²) >= 11 is 11.8. The topological polar surface area (TPSA) is 72.9 Å². The Morgan fingerprint density at radius 1 is 1.19 bits per heavy atom. The van der Waals surface area contributed by atoms with Crippen LogP contribution in [0.1, 0.15) is 19.3 Å². The third-order valence-corrected chi connectivity index (χ3v) is 6.13. The van der Waals surface area contributed by atoms with Gasteiger partial charge in [0, 0.05) is 37.7 Å². The second kappa shape index (κ2) is 7.98. The lowest BCUT2D eigenvalue weighted by Gasteiger charge is -2.40. The van der Waals surface area contributed by atoms with Crippen LogP contribution in [0.5, 0.6) is 5.75 Å². The predicted octanol–water partition coefficient (Wildman–Crippen LogP) is 3.14. The molecular weight excluding hydrogens is 389 g/mol. The first-order chi connectivity index (χ1) is 12.8. The molecule has 2 aliphatic rings. The zero-order valence-corrected chi connectivity index (χ0v) is 16.5. The molecule has 1 atom stereocenters. The fraction of sp³-hybridized carbons (Fsp3) is 0.474. The van der Waals surface area contributed by atoms with Crippen LogP contribution >= 0.6 is 23.2 Å². The van der Waals surface area contributed by atoms with Crippen LogP contribution in [0.2, 0.25) is 10.0 Å². The molecule has 2 heterocycles.